The van der Waals surface area contributed by atoms with E-state index < -0.39 is 6.36 Å². The van der Waals surface area contributed by atoms with Crippen LogP contribution in [0.5, 0.6) is 5.75 Å². The van der Waals surface area contributed by atoms with Gasteiger partial charge in [0.25, 0.3) is 0 Å². The summed E-state index contributed by atoms with van der Waals surface area (Å²) in [5.74, 6) is 2.74. The molecule has 160 valence electrons. The summed E-state index contributed by atoms with van der Waals surface area (Å²) in [5.41, 5.74) is 2.49. The average Bonchev–Trinajstić information content (AvgIpc) is 2.68. The quantitative estimate of drug-likeness (QED) is 0.448. The molecule has 1 aromatic carbocycles. The van der Waals surface area contributed by atoms with Gasteiger partial charge in [-0.25, -0.2) is 0 Å². The van der Waals surface area contributed by atoms with E-state index in [0.717, 1.165) is 36.2 Å². The Morgan fingerprint density at radius 1 is 0.862 bits per heavy atom. The third-order valence-electron chi connectivity index (χ3n) is 6.65. The van der Waals surface area contributed by atoms with E-state index >= 15 is 0 Å². The summed E-state index contributed by atoms with van der Waals surface area (Å²) in [4.78, 5) is 0. The van der Waals surface area contributed by atoms with Crippen molar-refractivity contribution in [2.45, 2.75) is 77.5 Å². The number of hydrogen-bond acceptors (Lipinski definition) is 1. The van der Waals surface area contributed by atoms with E-state index in [0.29, 0.717) is 5.92 Å². The monoisotopic (exact) mass is 406 g/mol. The van der Waals surface area contributed by atoms with Crippen molar-refractivity contribution in [1.29, 1.82) is 0 Å². The summed E-state index contributed by atoms with van der Waals surface area (Å²) in [6.45, 7) is 4.25. The number of alkyl halides is 3. The molecule has 0 spiro atoms. The maximum Gasteiger partial charge on any atom is 0.573 e. The van der Waals surface area contributed by atoms with Crippen molar-refractivity contribution < 1.29 is 17.9 Å². The lowest BCUT2D eigenvalue weighted by Crippen LogP contribution is -2.25. The van der Waals surface area contributed by atoms with E-state index in [1.165, 1.54) is 56.2 Å². The molecule has 0 amide bonds. The molecule has 2 fully saturated rings. The average molecular weight is 407 g/mol. The molecule has 0 bridgehead atoms. The van der Waals surface area contributed by atoms with Gasteiger partial charge in [-0.05, 0) is 107 Å². The van der Waals surface area contributed by atoms with Gasteiger partial charge in [0.15, 0.2) is 0 Å². The lowest BCUT2D eigenvalue weighted by Gasteiger charge is -2.37. The highest BCUT2D eigenvalue weighted by Crippen LogP contribution is 2.44. The van der Waals surface area contributed by atoms with Crippen LogP contribution in [0.2, 0.25) is 0 Å². The molecule has 3 rings (SSSR count). The number of hydrogen-bond donors (Lipinski definition) is 0. The molecular weight excluding hydrogens is 373 g/mol. The molecule has 2 aliphatic carbocycles. The maximum absolute atomic E-state index is 12.3. The van der Waals surface area contributed by atoms with E-state index in [9.17, 15) is 13.2 Å². The van der Waals surface area contributed by atoms with Crippen molar-refractivity contribution in [3.8, 4) is 5.75 Å². The molecule has 2 saturated carbocycles. The number of benzene rings is 1. The fourth-order valence-corrected chi connectivity index (χ4v) is 5.08. The molecule has 0 N–H and O–H groups in total. The Bertz CT molecular complexity index is 682. The van der Waals surface area contributed by atoms with Crippen molar-refractivity contribution in [2.75, 3.05) is 0 Å². The van der Waals surface area contributed by atoms with Crippen molar-refractivity contribution in [3.05, 3.63) is 53.6 Å². The maximum atomic E-state index is 12.3. The van der Waals surface area contributed by atoms with Crippen LogP contribution in [-0.2, 0) is 0 Å². The second-order valence-electron chi connectivity index (χ2n) is 9.03. The van der Waals surface area contributed by atoms with Gasteiger partial charge in [0.1, 0.15) is 5.75 Å². The Morgan fingerprint density at radius 3 is 1.93 bits per heavy atom. The molecule has 2 aliphatic rings. The number of allylic oxidation sites excluding steroid dienone is 4. The summed E-state index contributed by atoms with van der Waals surface area (Å²) in [7, 11) is 0. The highest BCUT2D eigenvalue weighted by Gasteiger charge is 2.32. The van der Waals surface area contributed by atoms with Crippen LogP contribution in [0, 0.1) is 17.8 Å². The summed E-state index contributed by atoms with van der Waals surface area (Å²) in [6, 6.07) is 6.49. The van der Waals surface area contributed by atoms with E-state index in [4.69, 9.17) is 0 Å². The second kappa shape index (κ2) is 9.86. The highest BCUT2D eigenvalue weighted by atomic mass is 19.4. The number of halogens is 3. The zero-order valence-electron chi connectivity index (χ0n) is 17.5. The lowest BCUT2D eigenvalue weighted by atomic mass is 9.68. The van der Waals surface area contributed by atoms with Gasteiger partial charge in [-0.3, -0.25) is 0 Å². The number of rotatable bonds is 5. The van der Waals surface area contributed by atoms with Gasteiger partial charge < -0.3 is 4.74 Å². The number of ether oxygens (including phenoxy) is 1. The van der Waals surface area contributed by atoms with Crippen LogP contribution in [0.1, 0.15) is 76.7 Å². The summed E-state index contributed by atoms with van der Waals surface area (Å²) < 4.78 is 40.9. The molecule has 0 aliphatic heterocycles. The SMILES string of the molecule is CC(C)=C/C=C/C1CCC(C2CCC(c3ccc(OC(F)(F)F)cc3)CC2)CC1. The third kappa shape index (κ3) is 6.94. The largest absolute Gasteiger partial charge is 0.573 e. The fourth-order valence-electron chi connectivity index (χ4n) is 5.08. The topological polar surface area (TPSA) is 9.23 Å². The van der Waals surface area contributed by atoms with Crippen molar-refractivity contribution in [2.24, 2.45) is 17.8 Å². The minimum atomic E-state index is -4.62. The summed E-state index contributed by atoms with van der Waals surface area (Å²) in [6.07, 6.45) is 12.2. The molecule has 4 heteroatoms. The predicted octanol–water partition coefficient (Wildman–Crippen LogP) is 8.19. The van der Waals surface area contributed by atoms with Gasteiger partial charge in [-0.1, -0.05) is 35.9 Å². The van der Waals surface area contributed by atoms with Crippen LogP contribution in [0.25, 0.3) is 0 Å². The van der Waals surface area contributed by atoms with Gasteiger partial charge in [0.05, 0.1) is 0 Å². The summed E-state index contributed by atoms with van der Waals surface area (Å²) in [5, 5.41) is 0. The standard InChI is InChI=1S/C25H33F3O/c1-18(2)4-3-5-19-6-8-20(9-7-19)21-10-12-22(13-11-21)23-14-16-24(17-15-23)29-25(26,27)28/h3-5,14-17,19-22H,6-13H2,1-2H3/b5-3+. The smallest absolute Gasteiger partial charge is 0.406 e. The molecule has 0 aromatic heterocycles. The molecule has 0 saturated heterocycles. The zero-order chi connectivity index (χ0) is 20.9. The lowest BCUT2D eigenvalue weighted by molar-refractivity contribution is -0.274. The van der Waals surface area contributed by atoms with Gasteiger partial charge >= 0.3 is 6.36 Å². The molecule has 1 aromatic rings. The Morgan fingerprint density at radius 2 is 1.41 bits per heavy atom. The highest BCUT2D eigenvalue weighted by molar-refractivity contribution is 5.30. The molecule has 29 heavy (non-hydrogen) atoms. The Hall–Kier alpha value is -1.71. The second-order valence-corrected chi connectivity index (χ2v) is 9.03. The molecule has 0 unspecified atom stereocenters. The summed E-state index contributed by atoms with van der Waals surface area (Å²) >= 11 is 0. The zero-order valence-corrected chi connectivity index (χ0v) is 17.5. The van der Waals surface area contributed by atoms with Crippen LogP contribution in [-0.4, -0.2) is 6.36 Å². The Kier molecular flexibility index (Phi) is 7.48. The minimum absolute atomic E-state index is 0.134. The predicted molar refractivity (Wildman–Crippen MR) is 112 cm³/mol. The normalized spacial score (nSPS) is 28.3. The van der Waals surface area contributed by atoms with E-state index in [1.807, 2.05) is 0 Å². The molecule has 0 atom stereocenters. The Labute approximate surface area is 173 Å². The first-order chi connectivity index (χ1) is 13.8. The van der Waals surface area contributed by atoms with Crippen molar-refractivity contribution in [1.82, 2.24) is 0 Å². The first kappa shape index (κ1) is 22.0. The van der Waals surface area contributed by atoms with Gasteiger partial charge in [-0.15, -0.1) is 13.2 Å². The fraction of sp³-hybridized carbons (Fsp3) is 0.600. The van der Waals surface area contributed by atoms with Crippen LogP contribution in [0.3, 0.4) is 0 Å². The van der Waals surface area contributed by atoms with Crippen LogP contribution in [0.15, 0.2) is 48.1 Å². The minimum Gasteiger partial charge on any atom is -0.406 e. The Balaban J connectivity index is 1.44. The molecule has 1 nitrogen and oxygen atoms in total. The first-order valence-corrected chi connectivity index (χ1v) is 11.0. The first-order valence-electron chi connectivity index (χ1n) is 11.0. The van der Waals surface area contributed by atoms with Gasteiger partial charge in [0.2, 0.25) is 0 Å². The van der Waals surface area contributed by atoms with Crippen molar-refractivity contribution in [3.63, 3.8) is 0 Å². The van der Waals surface area contributed by atoms with Crippen LogP contribution >= 0.6 is 0 Å². The third-order valence-corrected chi connectivity index (χ3v) is 6.65. The molecule has 0 heterocycles. The van der Waals surface area contributed by atoms with E-state index in [-0.39, 0.29) is 5.75 Å². The molecule has 0 radical (unpaired) electrons. The van der Waals surface area contributed by atoms with Crippen LogP contribution in [0.4, 0.5) is 13.2 Å². The van der Waals surface area contributed by atoms with Crippen LogP contribution < -0.4 is 4.74 Å². The van der Waals surface area contributed by atoms with E-state index in [1.54, 1.807) is 12.1 Å². The van der Waals surface area contributed by atoms with Crippen molar-refractivity contribution >= 4 is 0 Å². The van der Waals surface area contributed by atoms with Gasteiger partial charge in [-0.2, -0.15) is 0 Å². The molecular formula is C25H33F3O. The van der Waals surface area contributed by atoms with Gasteiger partial charge in [0, 0.05) is 0 Å². The van der Waals surface area contributed by atoms with E-state index in [2.05, 4.69) is 36.8 Å².